The third-order valence-electron chi connectivity index (χ3n) is 3.91. The van der Waals surface area contributed by atoms with Gasteiger partial charge in [-0.3, -0.25) is 15.1 Å². The molecule has 0 aromatic heterocycles. The Hall–Kier alpha value is -1.34. The van der Waals surface area contributed by atoms with Gasteiger partial charge in [0.05, 0.1) is 6.42 Å². The first kappa shape index (κ1) is 15.1. The Labute approximate surface area is 119 Å². The molecule has 2 aliphatic heterocycles. The van der Waals surface area contributed by atoms with E-state index in [9.17, 15) is 9.59 Å². The van der Waals surface area contributed by atoms with Gasteiger partial charge >= 0.3 is 12.0 Å². The van der Waals surface area contributed by atoms with E-state index in [1.807, 2.05) is 9.91 Å². The summed E-state index contributed by atoms with van der Waals surface area (Å²) in [5.74, 6) is -0.768. The van der Waals surface area contributed by atoms with Crippen LogP contribution in [0.25, 0.3) is 0 Å². The summed E-state index contributed by atoms with van der Waals surface area (Å²) in [5.41, 5.74) is 2.96. The highest BCUT2D eigenvalue weighted by molar-refractivity contribution is 5.73. The summed E-state index contributed by atoms with van der Waals surface area (Å²) in [5, 5.41) is 10.7. The lowest BCUT2D eigenvalue weighted by Crippen LogP contribution is -2.56. The molecule has 0 aliphatic carbocycles. The summed E-state index contributed by atoms with van der Waals surface area (Å²) in [4.78, 5) is 26.5. The molecule has 0 aromatic carbocycles. The van der Waals surface area contributed by atoms with Crippen LogP contribution in [0.2, 0.25) is 0 Å². The van der Waals surface area contributed by atoms with Gasteiger partial charge in [0.25, 0.3) is 0 Å². The van der Waals surface area contributed by atoms with Crippen LogP contribution in [-0.4, -0.2) is 77.7 Å². The zero-order valence-electron chi connectivity index (χ0n) is 11.9. The highest BCUT2D eigenvalue weighted by Gasteiger charge is 2.23. The molecule has 7 nitrogen and oxygen atoms in total. The smallest absolute Gasteiger partial charge is 0.332 e. The van der Waals surface area contributed by atoms with Crippen LogP contribution in [0.1, 0.15) is 25.7 Å². The van der Waals surface area contributed by atoms with Gasteiger partial charge in [-0.2, -0.15) is 0 Å². The highest BCUT2D eigenvalue weighted by atomic mass is 16.4. The van der Waals surface area contributed by atoms with Gasteiger partial charge in [0.2, 0.25) is 0 Å². The minimum atomic E-state index is -0.768. The molecule has 0 spiro atoms. The summed E-state index contributed by atoms with van der Waals surface area (Å²) < 4.78 is 0. The number of aliphatic carboxylic acids is 1. The number of rotatable bonds is 4. The molecule has 7 heteroatoms. The summed E-state index contributed by atoms with van der Waals surface area (Å²) >= 11 is 0. The van der Waals surface area contributed by atoms with Crippen molar-refractivity contribution in [1.29, 1.82) is 0 Å². The minimum absolute atomic E-state index is 0.0233. The van der Waals surface area contributed by atoms with Gasteiger partial charge in [-0.05, 0) is 12.8 Å². The fourth-order valence-corrected chi connectivity index (χ4v) is 2.64. The number of piperazine rings is 1. The van der Waals surface area contributed by atoms with Gasteiger partial charge < -0.3 is 10.0 Å². The van der Waals surface area contributed by atoms with E-state index in [2.05, 4.69) is 10.3 Å². The molecular weight excluding hydrogens is 260 g/mol. The molecular formula is C13H24N4O3. The fraction of sp³-hybridized carbons (Fsp3) is 0.846. The third-order valence-corrected chi connectivity index (χ3v) is 3.91. The Morgan fingerprint density at radius 3 is 2.20 bits per heavy atom. The Morgan fingerprint density at radius 1 is 0.950 bits per heavy atom. The maximum atomic E-state index is 12.1. The molecule has 2 aliphatic rings. The Kier molecular flexibility index (Phi) is 5.60. The molecule has 2 heterocycles. The molecule has 0 unspecified atom stereocenters. The molecule has 2 amide bonds. The monoisotopic (exact) mass is 284 g/mol. The van der Waals surface area contributed by atoms with E-state index in [0.717, 1.165) is 39.0 Å². The van der Waals surface area contributed by atoms with Crippen LogP contribution < -0.4 is 5.43 Å². The number of hydrogen-bond donors (Lipinski definition) is 2. The number of hydrazine groups is 1. The van der Waals surface area contributed by atoms with Gasteiger partial charge in [0.1, 0.15) is 0 Å². The van der Waals surface area contributed by atoms with Gasteiger partial charge in [-0.1, -0.05) is 6.42 Å². The van der Waals surface area contributed by atoms with E-state index >= 15 is 0 Å². The summed E-state index contributed by atoms with van der Waals surface area (Å²) in [6.45, 7) is 5.27. The van der Waals surface area contributed by atoms with Crippen LogP contribution in [0.5, 0.6) is 0 Å². The van der Waals surface area contributed by atoms with Gasteiger partial charge in [-0.25, -0.2) is 9.80 Å². The van der Waals surface area contributed by atoms with E-state index < -0.39 is 5.97 Å². The second kappa shape index (κ2) is 7.44. The predicted molar refractivity (Wildman–Crippen MR) is 74.2 cm³/mol. The van der Waals surface area contributed by atoms with Crippen LogP contribution in [0.4, 0.5) is 4.79 Å². The normalized spacial score (nSPS) is 21.7. The average molecular weight is 284 g/mol. The number of amides is 2. The number of hydrogen-bond acceptors (Lipinski definition) is 4. The van der Waals surface area contributed by atoms with E-state index in [4.69, 9.17) is 5.11 Å². The van der Waals surface area contributed by atoms with E-state index in [0.29, 0.717) is 19.6 Å². The molecule has 0 aromatic rings. The van der Waals surface area contributed by atoms with Crippen molar-refractivity contribution in [3.05, 3.63) is 0 Å². The first-order valence-corrected chi connectivity index (χ1v) is 7.40. The van der Waals surface area contributed by atoms with Crippen molar-refractivity contribution in [2.75, 3.05) is 45.8 Å². The first-order valence-electron chi connectivity index (χ1n) is 7.40. The summed E-state index contributed by atoms with van der Waals surface area (Å²) in [7, 11) is 0. The van der Waals surface area contributed by atoms with Crippen molar-refractivity contribution < 1.29 is 14.7 Å². The minimum Gasteiger partial charge on any atom is -0.481 e. The van der Waals surface area contributed by atoms with Crippen molar-refractivity contribution in [1.82, 2.24) is 20.2 Å². The van der Waals surface area contributed by atoms with Crippen molar-refractivity contribution in [3.63, 3.8) is 0 Å². The fourth-order valence-electron chi connectivity index (χ4n) is 2.64. The lowest BCUT2D eigenvalue weighted by Gasteiger charge is -2.36. The topological polar surface area (TPSA) is 76.1 Å². The largest absolute Gasteiger partial charge is 0.481 e. The summed E-state index contributed by atoms with van der Waals surface area (Å²) in [6, 6.07) is -0.0233. The number of nitrogens with zero attached hydrogens (tertiary/aromatic N) is 3. The van der Waals surface area contributed by atoms with Crippen LogP contribution in [0.3, 0.4) is 0 Å². The molecule has 2 N–H and O–H groups in total. The molecule has 0 bridgehead atoms. The number of piperidine rings is 1. The zero-order valence-corrected chi connectivity index (χ0v) is 11.9. The quantitative estimate of drug-likeness (QED) is 0.771. The molecule has 0 saturated carbocycles. The van der Waals surface area contributed by atoms with E-state index in [-0.39, 0.29) is 12.5 Å². The van der Waals surface area contributed by atoms with Crippen molar-refractivity contribution in [2.24, 2.45) is 0 Å². The first-order chi connectivity index (χ1) is 9.65. The molecule has 2 fully saturated rings. The maximum absolute atomic E-state index is 12.1. The lowest BCUT2D eigenvalue weighted by molar-refractivity contribution is -0.137. The second-order valence-corrected chi connectivity index (χ2v) is 5.44. The number of carboxylic acid groups (broad SMARTS) is 1. The second-order valence-electron chi connectivity index (χ2n) is 5.44. The Morgan fingerprint density at radius 2 is 1.60 bits per heavy atom. The Bertz CT molecular complexity index is 337. The van der Waals surface area contributed by atoms with Crippen LogP contribution in [0, 0.1) is 0 Å². The molecule has 114 valence electrons. The van der Waals surface area contributed by atoms with E-state index in [1.54, 1.807) is 0 Å². The molecule has 2 rings (SSSR count). The number of carbonyl (C=O) groups is 2. The van der Waals surface area contributed by atoms with Gasteiger partial charge in [-0.15, -0.1) is 0 Å². The van der Waals surface area contributed by atoms with Crippen molar-refractivity contribution in [2.45, 2.75) is 25.7 Å². The van der Waals surface area contributed by atoms with Crippen molar-refractivity contribution in [3.8, 4) is 0 Å². The zero-order chi connectivity index (χ0) is 14.4. The number of nitrogens with one attached hydrogen (secondary N) is 1. The summed E-state index contributed by atoms with van der Waals surface area (Å²) in [6.07, 6.45) is 3.70. The number of urea groups is 1. The van der Waals surface area contributed by atoms with Crippen LogP contribution in [0.15, 0.2) is 0 Å². The predicted octanol–water partition coefficient (Wildman–Crippen LogP) is 0.189. The number of carbonyl (C=O) groups excluding carboxylic acids is 1. The van der Waals surface area contributed by atoms with Crippen molar-refractivity contribution >= 4 is 12.0 Å². The van der Waals surface area contributed by atoms with Crippen LogP contribution in [-0.2, 0) is 4.79 Å². The molecule has 0 radical (unpaired) electrons. The van der Waals surface area contributed by atoms with E-state index in [1.165, 1.54) is 6.42 Å². The maximum Gasteiger partial charge on any atom is 0.332 e. The SMILES string of the molecule is O=C(O)CCN1CCN(C(=O)NN2CCCCC2)CC1. The molecule has 0 atom stereocenters. The van der Waals surface area contributed by atoms with Gasteiger partial charge in [0, 0.05) is 45.8 Å². The standard InChI is InChI=1S/C13H24N4O3/c18-12(19)4-7-15-8-10-16(11-9-15)13(20)14-17-5-2-1-3-6-17/h1-11H2,(H,14,20)(H,18,19). The highest BCUT2D eigenvalue weighted by Crippen LogP contribution is 2.07. The lowest BCUT2D eigenvalue weighted by atomic mass is 10.2. The van der Waals surface area contributed by atoms with Crippen LogP contribution >= 0.6 is 0 Å². The third kappa shape index (κ3) is 4.64. The van der Waals surface area contributed by atoms with Gasteiger partial charge in [0.15, 0.2) is 0 Å². The molecule has 2 saturated heterocycles. The number of carboxylic acids is 1. The average Bonchev–Trinajstić information content (AvgIpc) is 2.46. The Balaban J connectivity index is 1.67. The molecule has 20 heavy (non-hydrogen) atoms.